The summed E-state index contributed by atoms with van der Waals surface area (Å²) in [5.41, 5.74) is 6.65. The molecule has 0 aliphatic carbocycles. The Kier molecular flexibility index (Phi) is 3.13. The molecule has 0 amide bonds. The highest BCUT2D eigenvalue weighted by Crippen LogP contribution is 2.19. The molecule has 0 bridgehead atoms. The first-order chi connectivity index (χ1) is 8.56. The lowest BCUT2D eigenvalue weighted by Gasteiger charge is -2.08. The van der Waals surface area contributed by atoms with Crippen molar-refractivity contribution >= 4 is 17.3 Å². The first-order valence-corrected chi connectivity index (χ1v) is 5.22. The lowest BCUT2D eigenvalue weighted by atomic mass is 10.1. The van der Waals surface area contributed by atoms with Gasteiger partial charge in [0, 0.05) is 5.69 Å². The second-order valence-corrected chi connectivity index (χ2v) is 3.70. The molecule has 0 radical (unpaired) electrons. The molecule has 2 aromatic rings. The molecule has 4 N–H and O–H groups in total. The number of aromatic carboxylic acids is 1. The molecule has 7 heteroatoms. The van der Waals surface area contributed by atoms with E-state index in [1.165, 1.54) is 12.1 Å². The average molecular weight is 248 g/mol. The van der Waals surface area contributed by atoms with Crippen LogP contribution in [0.4, 0.5) is 11.4 Å². The number of nitrogens with two attached hydrogens (primary N) is 1. The molecule has 0 saturated heterocycles. The summed E-state index contributed by atoms with van der Waals surface area (Å²) in [7, 11) is 0. The van der Waals surface area contributed by atoms with E-state index in [2.05, 4.69) is 15.5 Å². The number of nitrogens with zero attached hydrogens (tertiary/aromatic N) is 2. The van der Waals surface area contributed by atoms with Crippen LogP contribution in [0.15, 0.2) is 22.7 Å². The molecule has 7 nitrogen and oxygen atoms in total. The fourth-order valence-corrected chi connectivity index (χ4v) is 1.48. The summed E-state index contributed by atoms with van der Waals surface area (Å²) >= 11 is 0. The Morgan fingerprint density at radius 1 is 1.56 bits per heavy atom. The maximum Gasteiger partial charge on any atom is 0.337 e. The Balaban J connectivity index is 2.17. The molecule has 0 spiro atoms. The first kappa shape index (κ1) is 11.9. The molecule has 18 heavy (non-hydrogen) atoms. The molecular formula is C11H12N4O3. The minimum Gasteiger partial charge on any atom is -0.478 e. The highest BCUT2D eigenvalue weighted by atomic mass is 16.5. The Morgan fingerprint density at radius 2 is 2.33 bits per heavy atom. The van der Waals surface area contributed by atoms with Crippen LogP contribution in [0.3, 0.4) is 0 Å². The van der Waals surface area contributed by atoms with Crippen molar-refractivity contribution in [2.45, 2.75) is 13.5 Å². The van der Waals surface area contributed by atoms with E-state index in [-0.39, 0.29) is 12.1 Å². The lowest BCUT2D eigenvalue weighted by Crippen LogP contribution is -2.07. The number of carbonyl (C=O) groups is 1. The van der Waals surface area contributed by atoms with Crippen molar-refractivity contribution in [2.24, 2.45) is 0 Å². The molecule has 1 aromatic heterocycles. The lowest BCUT2D eigenvalue weighted by molar-refractivity contribution is 0.0698. The van der Waals surface area contributed by atoms with Gasteiger partial charge in [-0.05, 0) is 25.1 Å². The summed E-state index contributed by atoms with van der Waals surface area (Å²) in [5.74, 6) is -0.122. The van der Waals surface area contributed by atoms with E-state index in [1.54, 1.807) is 13.0 Å². The summed E-state index contributed by atoms with van der Waals surface area (Å²) in [4.78, 5) is 15.0. The summed E-state index contributed by atoms with van der Waals surface area (Å²) < 4.78 is 4.91. The van der Waals surface area contributed by atoms with Gasteiger partial charge in [0.1, 0.15) is 0 Å². The van der Waals surface area contributed by atoms with Crippen molar-refractivity contribution in [1.82, 2.24) is 10.1 Å². The third-order valence-electron chi connectivity index (χ3n) is 2.27. The van der Waals surface area contributed by atoms with Gasteiger partial charge in [0.15, 0.2) is 5.82 Å². The van der Waals surface area contributed by atoms with Crippen LogP contribution in [0.5, 0.6) is 0 Å². The maximum absolute atomic E-state index is 11.0. The first-order valence-electron chi connectivity index (χ1n) is 5.22. The van der Waals surface area contributed by atoms with Gasteiger partial charge in [-0.25, -0.2) is 4.79 Å². The molecule has 0 saturated carbocycles. The quantitative estimate of drug-likeness (QED) is 0.698. The van der Waals surface area contributed by atoms with Crippen LogP contribution in [-0.4, -0.2) is 21.2 Å². The SMILES string of the molecule is Cc1noc(CNc2cc(N)ccc2C(=O)O)n1. The van der Waals surface area contributed by atoms with Crippen molar-refractivity contribution in [2.75, 3.05) is 11.1 Å². The number of carboxylic acids is 1. The largest absolute Gasteiger partial charge is 0.478 e. The predicted molar refractivity (Wildman–Crippen MR) is 64.2 cm³/mol. The average Bonchev–Trinajstić information content (AvgIpc) is 2.72. The van der Waals surface area contributed by atoms with Gasteiger partial charge < -0.3 is 20.7 Å². The van der Waals surface area contributed by atoms with Gasteiger partial charge in [0.05, 0.1) is 17.8 Å². The second-order valence-electron chi connectivity index (χ2n) is 3.70. The number of nitrogen functional groups attached to an aromatic ring is 1. The maximum atomic E-state index is 11.0. The van der Waals surface area contributed by atoms with Crippen LogP contribution in [0.2, 0.25) is 0 Å². The van der Waals surface area contributed by atoms with Crippen LogP contribution in [0.25, 0.3) is 0 Å². The fourth-order valence-electron chi connectivity index (χ4n) is 1.48. The number of benzene rings is 1. The highest BCUT2D eigenvalue weighted by molar-refractivity contribution is 5.95. The standard InChI is InChI=1S/C11H12N4O3/c1-6-14-10(18-15-6)5-13-9-4-7(12)2-3-8(9)11(16)17/h2-4,13H,5,12H2,1H3,(H,16,17). The normalized spacial score (nSPS) is 10.3. The number of hydrogen-bond acceptors (Lipinski definition) is 6. The highest BCUT2D eigenvalue weighted by Gasteiger charge is 2.11. The van der Waals surface area contributed by atoms with Crippen molar-refractivity contribution < 1.29 is 14.4 Å². The van der Waals surface area contributed by atoms with Gasteiger partial charge in [-0.15, -0.1) is 0 Å². The van der Waals surface area contributed by atoms with Crippen LogP contribution < -0.4 is 11.1 Å². The zero-order valence-corrected chi connectivity index (χ0v) is 9.67. The monoisotopic (exact) mass is 248 g/mol. The number of hydrogen-bond donors (Lipinski definition) is 3. The predicted octanol–water partition coefficient (Wildman–Crippen LogP) is 1.27. The Bertz CT molecular complexity index is 579. The molecule has 1 aromatic carbocycles. The summed E-state index contributed by atoms with van der Waals surface area (Å²) in [6.45, 7) is 1.95. The topological polar surface area (TPSA) is 114 Å². The minimum absolute atomic E-state index is 0.139. The van der Waals surface area contributed by atoms with E-state index in [9.17, 15) is 4.79 Å². The molecule has 0 atom stereocenters. The van der Waals surface area contributed by atoms with Crippen LogP contribution in [-0.2, 0) is 6.54 Å². The molecule has 0 fully saturated rings. The number of nitrogens with one attached hydrogen (secondary N) is 1. The van der Waals surface area contributed by atoms with Crippen LogP contribution in [0.1, 0.15) is 22.1 Å². The molecule has 2 rings (SSSR count). The summed E-state index contributed by atoms with van der Waals surface area (Å²) in [5, 5.41) is 15.6. The smallest absolute Gasteiger partial charge is 0.337 e. The third kappa shape index (κ3) is 2.57. The van der Waals surface area contributed by atoms with Crippen LogP contribution >= 0.6 is 0 Å². The van der Waals surface area contributed by atoms with Gasteiger partial charge in [0.25, 0.3) is 0 Å². The van der Waals surface area contributed by atoms with E-state index >= 15 is 0 Å². The number of anilines is 2. The summed E-state index contributed by atoms with van der Waals surface area (Å²) in [6, 6.07) is 4.53. The fraction of sp³-hybridized carbons (Fsp3) is 0.182. The van der Waals surface area contributed by atoms with Gasteiger partial charge in [-0.2, -0.15) is 4.98 Å². The molecule has 0 aliphatic rings. The van der Waals surface area contributed by atoms with Crippen LogP contribution in [0, 0.1) is 6.92 Å². The molecule has 0 unspecified atom stereocenters. The van der Waals surface area contributed by atoms with Gasteiger partial charge >= 0.3 is 5.97 Å². The van der Waals surface area contributed by atoms with Crippen molar-refractivity contribution in [3.63, 3.8) is 0 Å². The van der Waals surface area contributed by atoms with Gasteiger partial charge in [-0.1, -0.05) is 5.16 Å². The third-order valence-corrected chi connectivity index (χ3v) is 2.27. The number of rotatable bonds is 4. The van der Waals surface area contributed by atoms with E-state index in [0.29, 0.717) is 23.1 Å². The minimum atomic E-state index is -1.03. The van der Waals surface area contributed by atoms with Crippen molar-refractivity contribution in [3.8, 4) is 0 Å². The van der Waals surface area contributed by atoms with E-state index in [1.807, 2.05) is 0 Å². The van der Waals surface area contributed by atoms with E-state index in [0.717, 1.165) is 0 Å². The van der Waals surface area contributed by atoms with Crippen molar-refractivity contribution in [3.05, 3.63) is 35.5 Å². The number of aromatic nitrogens is 2. The zero-order valence-electron chi connectivity index (χ0n) is 9.67. The van der Waals surface area contributed by atoms with E-state index < -0.39 is 5.97 Å². The zero-order chi connectivity index (χ0) is 13.1. The Morgan fingerprint density at radius 3 is 2.94 bits per heavy atom. The molecule has 94 valence electrons. The Hall–Kier alpha value is -2.57. The second kappa shape index (κ2) is 4.74. The molecule has 0 aliphatic heterocycles. The Labute approximate surface area is 103 Å². The van der Waals surface area contributed by atoms with Crippen molar-refractivity contribution in [1.29, 1.82) is 0 Å². The summed E-state index contributed by atoms with van der Waals surface area (Å²) in [6.07, 6.45) is 0. The van der Waals surface area contributed by atoms with Gasteiger partial charge in [-0.3, -0.25) is 0 Å². The van der Waals surface area contributed by atoms with E-state index in [4.69, 9.17) is 15.4 Å². The number of carboxylic acid groups (broad SMARTS) is 1. The molecule has 1 heterocycles. The molecular weight excluding hydrogens is 236 g/mol. The number of aryl methyl sites for hydroxylation is 1. The van der Waals surface area contributed by atoms with Gasteiger partial charge in [0.2, 0.25) is 5.89 Å².